The highest BCUT2D eigenvalue weighted by atomic mass is 16.7. The minimum atomic E-state index is -0.491. The van der Waals surface area contributed by atoms with Crippen molar-refractivity contribution in [1.82, 2.24) is 5.48 Å². The molecule has 48 valence electrons. The van der Waals surface area contributed by atoms with Gasteiger partial charge in [-0.3, -0.25) is 4.79 Å². The lowest BCUT2D eigenvalue weighted by Gasteiger charge is -2.01. The zero-order chi connectivity index (χ0) is 6.41. The number of aliphatic hydroxyl groups excluding tert-OH is 1. The molecule has 8 heavy (non-hydrogen) atoms. The molecule has 0 amide bonds. The monoisotopic (exact) mass is 119 g/mol. The molecule has 0 aliphatic heterocycles. The van der Waals surface area contributed by atoms with E-state index in [1.54, 1.807) is 6.92 Å². The Labute approximate surface area is 47.4 Å². The molecule has 0 aliphatic carbocycles. The van der Waals surface area contributed by atoms with Crippen LogP contribution < -0.4 is 5.48 Å². The normalized spacial score (nSPS) is 12.8. The van der Waals surface area contributed by atoms with E-state index in [0.29, 0.717) is 0 Å². The zero-order valence-electron chi connectivity index (χ0n) is 4.63. The van der Waals surface area contributed by atoms with E-state index in [-0.39, 0.29) is 13.0 Å². The Balaban J connectivity index is 2.81. The highest BCUT2D eigenvalue weighted by Crippen LogP contribution is 1.71. The van der Waals surface area contributed by atoms with Gasteiger partial charge in [0.2, 0.25) is 0 Å². The summed E-state index contributed by atoms with van der Waals surface area (Å²) in [6, 6.07) is 0. The first-order valence-corrected chi connectivity index (χ1v) is 2.27. The first kappa shape index (κ1) is 7.39. The van der Waals surface area contributed by atoms with Crippen molar-refractivity contribution < 1.29 is 14.7 Å². The molecule has 4 nitrogen and oxygen atoms in total. The fraction of sp³-hybridized carbons (Fsp3) is 0.750. The predicted octanol–water partition coefficient (Wildman–Crippen LogP) is -0.955. The van der Waals surface area contributed by atoms with Gasteiger partial charge in [0.25, 0.3) is 0 Å². The van der Waals surface area contributed by atoms with Gasteiger partial charge in [0.1, 0.15) is 0 Å². The largest absolute Gasteiger partial charge is 0.392 e. The van der Waals surface area contributed by atoms with E-state index in [1.165, 1.54) is 0 Å². The lowest BCUT2D eigenvalue weighted by molar-refractivity contribution is -0.136. The van der Waals surface area contributed by atoms with Gasteiger partial charge in [-0.25, -0.2) is 0 Å². The smallest absolute Gasteiger partial charge is 0.312 e. The van der Waals surface area contributed by atoms with Crippen molar-refractivity contribution >= 4 is 6.47 Å². The van der Waals surface area contributed by atoms with Crippen LogP contribution in [0, 0.1) is 0 Å². The number of carbonyl (C=O) groups excluding carboxylic acids is 1. The molecular weight excluding hydrogens is 110 g/mol. The Hall–Kier alpha value is -0.610. The quantitative estimate of drug-likeness (QED) is 0.284. The molecule has 0 aromatic carbocycles. The molecule has 0 rings (SSSR count). The highest BCUT2D eigenvalue weighted by Gasteiger charge is 1.91. The number of aliphatic hydroxyl groups is 1. The number of carbonyl (C=O) groups is 1. The number of hydrogen-bond acceptors (Lipinski definition) is 4. The number of nitrogens with one attached hydrogen (secondary N) is 1. The molecule has 0 radical (unpaired) electrons. The van der Waals surface area contributed by atoms with Gasteiger partial charge < -0.3 is 9.94 Å². The summed E-state index contributed by atoms with van der Waals surface area (Å²) in [7, 11) is 0. The summed E-state index contributed by atoms with van der Waals surface area (Å²) in [5.41, 5.74) is 2.22. The summed E-state index contributed by atoms with van der Waals surface area (Å²) in [6.45, 7) is 2.11. The van der Waals surface area contributed by atoms with Crippen LogP contribution in [0.4, 0.5) is 0 Å². The van der Waals surface area contributed by atoms with E-state index in [0.717, 1.165) is 0 Å². The third-order valence-electron chi connectivity index (χ3n) is 0.510. The first-order chi connectivity index (χ1) is 3.77. The minimum Gasteiger partial charge on any atom is -0.392 e. The van der Waals surface area contributed by atoms with E-state index >= 15 is 0 Å². The fourth-order valence-electron chi connectivity index (χ4n) is 0.203. The standard InChI is InChI=1S/C4H9NO3/c1-4(7)2-5-8-3-6/h3-5,7H,2H2,1H3. The molecule has 0 fully saturated rings. The number of hydrogen-bond donors (Lipinski definition) is 2. The number of hydroxylamine groups is 1. The Morgan fingerprint density at radius 2 is 2.62 bits per heavy atom. The van der Waals surface area contributed by atoms with E-state index in [4.69, 9.17) is 5.11 Å². The topological polar surface area (TPSA) is 58.6 Å². The van der Waals surface area contributed by atoms with Crippen LogP contribution in [-0.4, -0.2) is 24.2 Å². The average molecular weight is 119 g/mol. The summed E-state index contributed by atoms with van der Waals surface area (Å²) in [6.07, 6.45) is -0.491. The average Bonchev–Trinajstić information content (AvgIpc) is 1.66. The van der Waals surface area contributed by atoms with Gasteiger partial charge in [0.15, 0.2) is 0 Å². The molecule has 0 spiro atoms. The van der Waals surface area contributed by atoms with Crippen molar-refractivity contribution in [3.63, 3.8) is 0 Å². The van der Waals surface area contributed by atoms with Crippen molar-refractivity contribution in [2.45, 2.75) is 13.0 Å². The van der Waals surface area contributed by atoms with Gasteiger partial charge in [-0.2, -0.15) is 5.48 Å². The van der Waals surface area contributed by atoms with Crippen molar-refractivity contribution in [1.29, 1.82) is 0 Å². The second-order valence-electron chi connectivity index (χ2n) is 1.41. The molecule has 0 bridgehead atoms. The molecule has 0 aromatic rings. The summed E-state index contributed by atoms with van der Waals surface area (Å²) in [5, 5.41) is 8.52. The molecule has 0 saturated heterocycles. The molecule has 0 saturated carbocycles. The van der Waals surface area contributed by atoms with E-state index in [2.05, 4.69) is 10.3 Å². The number of rotatable bonds is 4. The Kier molecular flexibility index (Phi) is 4.20. The van der Waals surface area contributed by atoms with Crippen LogP contribution in [0.2, 0.25) is 0 Å². The zero-order valence-corrected chi connectivity index (χ0v) is 4.63. The SMILES string of the molecule is CC(O)CNOC=O. The molecule has 0 aromatic heterocycles. The van der Waals surface area contributed by atoms with Crippen molar-refractivity contribution in [2.24, 2.45) is 0 Å². The molecule has 0 heterocycles. The first-order valence-electron chi connectivity index (χ1n) is 2.27. The second-order valence-corrected chi connectivity index (χ2v) is 1.41. The van der Waals surface area contributed by atoms with Gasteiger partial charge in [0, 0.05) is 0 Å². The van der Waals surface area contributed by atoms with Crippen LogP contribution in [0.5, 0.6) is 0 Å². The molecule has 1 unspecified atom stereocenters. The molecular formula is C4H9NO3. The molecule has 4 heteroatoms. The maximum atomic E-state index is 9.42. The molecule has 0 aliphatic rings. The summed E-state index contributed by atoms with van der Waals surface area (Å²) in [4.78, 5) is 13.5. The van der Waals surface area contributed by atoms with Crippen LogP contribution in [0.3, 0.4) is 0 Å². The maximum Gasteiger partial charge on any atom is 0.312 e. The van der Waals surface area contributed by atoms with Crippen molar-refractivity contribution in [3.05, 3.63) is 0 Å². The van der Waals surface area contributed by atoms with Gasteiger partial charge in [-0.1, -0.05) is 0 Å². The summed E-state index contributed by atoms with van der Waals surface area (Å²) >= 11 is 0. The third-order valence-corrected chi connectivity index (χ3v) is 0.510. The van der Waals surface area contributed by atoms with Crippen molar-refractivity contribution in [2.75, 3.05) is 6.54 Å². The van der Waals surface area contributed by atoms with Crippen LogP contribution in [-0.2, 0) is 9.63 Å². The minimum absolute atomic E-state index is 0.263. The fourth-order valence-corrected chi connectivity index (χ4v) is 0.203. The van der Waals surface area contributed by atoms with Crippen molar-refractivity contribution in [3.8, 4) is 0 Å². The Bertz CT molecular complexity index is 64.3. The van der Waals surface area contributed by atoms with Gasteiger partial charge in [0.05, 0.1) is 12.6 Å². The van der Waals surface area contributed by atoms with Crippen LogP contribution >= 0.6 is 0 Å². The van der Waals surface area contributed by atoms with Crippen LogP contribution in [0.15, 0.2) is 0 Å². The van der Waals surface area contributed by atoms with Gasteiger partial charge in [-0.05, 0) is 6.92 Å². The Morgan fingerprint density at radius 3 is 3.00 bits per heavy atom. The predicted molar refractivity (Wildman–Crippen MR) is 26.8 cm³/mol. The van der Waals surface area contributed by atoms with Gasteiger partial charge >= 0.3 is 6.47 Å². The maximum absolute atomic E-state index is 9.42. The van der Waals surface area contributed by atoms with E-state index in [9.17, 15) is 4.79 Å². The second kappa shape index (κ2) is 4.55. The lowest BCUT2D eigenvalue weighted by Crippen LogP contribution is -2.23. The summed E-state index contributed by atoms with van der Waals surface area (Å²) in [5.74, 6) is 0. The lowest BCUT2D eigenvalue weighted by atomic mass is 10.4. The van der Waals surface area contributed by atoms with E-state index < -0.39 is 6.10 Å². The highest BCUT2D eigenvalue weighted by molar-refractivity contribution is 5.36. The molecule has 1 atom stereocenters. The third kappa shape index (κ3) is 5.39. The van der Waals surface area contributed by atoms with Crippen LogP contribution in [0.25, 0.3) is 0 Å². The Morgan fingerprint density at radius 1 is 2.00 bits per heavy atom. The molecule has 2 N–H and O–H groups in total. The van der Waals surface area contributed by atoms with Crippen LogP contribution in [0.1, 0.15) is 6.92 Å². The van der Waals surface area contributed by atoms with E-state index in [1.807, 2.05) is 0 Å². The summed E-state index contributed by atoms with van der Waals surface area (Å²) < 4.78 is 0. The van der Waals surface area contributed by atoms with Gasteiger partial charge in [-0.15, -0.1) is 0 Å².